The molecule has 0 amide bonds. The van der Waals surface area contributed by atoms with Gasteiger partial charge in [-0.2, -0.15) is 0 Å². The Morgan fingerprint density at radius 2 is 0.528 bits per heavy atom. The molecule has 0 fully saturated rings. The maximum Gasteiger partial charge on any atom is 0.472 e. The summed E-state index contributed by atoms with van der Waals surface area (Å²) in [5.74, 6) is -2.40. The third kappa shape index (κ3) is 76.4. The van der Waals surface area contributed by atoms with E-state index in [-0.39, 0.29) is 25.7 Å². The van der Waals surface area contributed by atoms with E-state index in [1.54, 1.807) is 6.08 Å². The van der Waals surface area contributed by atoms with E-state index in [4.69, 9.17) is 37.0 Å². The van der Waals surface area contributed by atoms with Crippen LogP contribution in [0.4, 0.5) is 0 Å². The standard InChI is InChI=1S/C87H140O17P2/c1-5-9-13-17-21-25-29-33-37-39-40-42-45-48-52-56-60-64-68-72-85(90)98-78-83(104-87(92)74-70-66-62-58-54-50-46-41-38-34-30-26-22-18-14-10-6-2)80-102-106(95,96)100-76-81(88)75-99-105(93,94)101-79-82(103-86(91)73-69-65-61-57-53-49-44-36-32-28-24-20-16-12-8-4)77-97-84(89)71-67-63-59-55-51-47-43-35-31-27-23-19-15-11-7-3/h9-11,13-15,21-28,33-38,40,42-44,48,51-52,55,63,67,81-83,88H,5-8,12,16-20,29-32,39,41,45-47,49-50,53-54,56-62,64-66,68-80H2,1-4H3,(H,93,94)(H,95,96)/b13-9-,14-10-,15-11-,25-21-,26-22-,27-23-,28-24-,37-33-,38-34-,42-40-,43-35-,44-36-,52-48-,55-51-,67-63-. The van der Waals surface area contributed by atoms with E-state index in [0.717, 1.165) is 186 Å². The zero-order valence-electron chi connectivity index (χ0n) is 65.5. The van der Waals surface area contributed by atoms with Gasteiger partial charge in [-0.15, -0.1) is 0 Å². The number of esters is 4. The molecule has 0 bridgehead atoms. The zero-order chi connectivity index (χ0) is 77.4. The summed E-state index contributed by atoms with van der Waals surface area (Å²) < 4.78 is 68.5. The molecule has 0 saturated heterocycles. The predicted molar refractivity (Wildman–Crippen MR) is 436 cm³/mol. The summed E-state index contributed by atoms with van der Waals surface area (Å²) in [5.41, 5.74) is 0. The van der Waals surface area contributed by atoms with Gasteiger partial charge in [0.1, 0.15) is 19.3 Å². The second-order valence-electron chi connectivity index (χ2n) is 25.9. The van der Waals surface area contributed by atoms with Crippen LogP contribution in [0, 0.1) is 0 Å². The van der Waals surface area contributed by atoms with Gasteiger partial charge in [-0.1, -0.05) is 281 Å². The van der Waals surface area contributed by atoms with E-state index in [9.17, 15) is 43.2 Å². The summed E-state index contributed by atoms with van der Waals surface area (Å²) >= 11 is 0. The first-order valence-corrected chi connectivity index (χ1v) is 43.0. The molecule has 0 saturated carbocycles. The van der Waals surface area contributed by atoms with Gasteiger partial charge in [0.25, 0.3) is 0 Å². The van der Waals surface area contributed by atoms with Crippen molar-refractivity contribution in [2.75, 3.05) is 39.6 Å². The number of allylic oxidation sites excluding steroid dienone is 29. The van der Waals surface area contributed by atoms with Crippen LogP contribution < -0.4 is 0 Å². The van der Waals surface area contributed by atoms with Crippen molar-refractivity contribution in [3.05, 3.63) is 182 Å². The molecule has 0 aromatic rings. The van der Waals surface area contributed by atoms with Crippen LogP contribution in [0.1, 0.15) is 285 Å². The molecule has 0 aliphatic carbocycles. The van der Waals surface area contributed by atoms with Gasteiger partial charge in [-0.05, 0) is 161 Å². The van der Waals surface area contributed by atoms with E-state index in [0.29, 0.717) is 25.7 Å². The molecule has 3 N–H and O–H groups in total. The number of carbonyl (C=O) groups excluding carboxylic acids is 4. The molecule has 0 radical (unpaired) electrons. The molecule has 0 aromatic heterocycles. The van der Waals surface area contributed by atoms with Crippen LogP contribution in [0.2, 0.25) is 0 Å². The highest BCUT2D eigenvalue weighted by Gasteiger charge is 2.30. The Morgan fingerprint density at radius 3 is 0.849 bits per heavy atom. The third-order valence-electron chi connectivity index (χ3n) is 15.9. The van der Waals surface area contributed by atoms with Crippen LogP contribution in [0.3, 0.4) is 0 Å². The molecule has 17 nitrogen and oxygen atoms in total. The van der Waals surface area contributed by atoms with Gasteiger partial charge < -0.3 is 33.8 Å². The minimum atomic E-state index is -5.01. The van der Waals surface area contributed by atoms with Crippen molar-refractivity contribution in [1.29, 1.82) is 0 Å². The summed E-state index contributed by atoms with van der Waals surface area (Å²) in [6.07, 6.45) is 93.3. The second-order valence-corrected chi connectivity index (χ2v) is 28.8. The fraction of sp³-hybridized carbons (Fsp3) is 0.609. The average Bonchev–Trinajstić information content (AvgIpc) is 0.902. The van der Waals surface area contributed by atoms with E-state index < -0.39 is 97.5 Å². The van der Waals surface area contributed by atoms with Gasteiger partial charge in [0.15, 0.2) is 12.2 Å². The van der Waals surface area contributed by atoms with Crippen molar-refractivity contribution >= 4 is 39.5 Å². The normalized spacial score (nSPS) is 14.8. The van der Waals surface area contributed by atoms with Crippen LogP contribution >= 0.6 is 15.6 Å². The van der Waals surface area contributed by atoms with E-state index >= 15 is 0 Å². The molecule has 0 aromatic carbocycles. The number of aliphatic hydroxyl groups is 1. The molecule has 19 heteroatoms. The number of hydrogen-bond acceptors (Lipinski definition) is 15. The highest BCUT2D eigenvalue weighted by Crippen LogP contribution is 2.45. The van der Waals surface area contributed by atoms with E-state index in [1.165, 1.54) is 19.3 Å². The third-order valence-corrected chi connectivity index (χ3v) is 17.8. The fourth-order valence-electron chi connectivity index (χ4n) is 9.89. The van der Waals surface area contributed by atoms with Crippen molar-refractivity contribution in [3.63, 3.8) is 0 Å². The first-order valence-electron chi connectivity index (χ1n) is 40.0. The highest BCUT2D eigenvalue weighted by molar-refractivity contribution is 7.47. The number of rotatable bonds is 73. The van der Waals surface area contributed by atoms with Crippen LogP contribution in [-0.2, 0) is 65.4 Å². The van der Waals surface area contributed by atoms with Crippen molar-refractivity contribution in [3.8, 4) is 0 Å². The van der Waals surface area contributed by atoms with Crippen molar-refractivity contribution in [1.82, 2.24) is 0 Å². The first kappa shape index (κ1) is 100. The summed E-state index contributed by atoms with van der Waals surface area (Å²) in [4.78, 5) is 73.0. The molecule has 600 valence electrons. The van der Waals surface area contributed by atoms with Crippen LogP contribution in [0.15, 0.2) is 182 Å². The maximum atomic E-state index is 13.1. The first-order chi connectivity index (χ1) is 51.7. The quantitative estimate of drug-likeness (QED) is 0.0169. The SMILES string of the molecule is CC/C=C\C/C=C\C/C=C\C/C=C\C/C=C\CCCCCC(=O)OCC(COP(=O)(O)OCC(O)COP(=O)(O)OCC(COC(=O)C/C=C\C/C=C\C/C=C\C/C=C\C/C=C\CC)OC(=O)CCCCCCC/C=C\C/C=C\CCCCC)OC(=O)CCCCCCCCC/C=C\C/C=C\C/C=C\CC. The molecule has 0 aliphatic heterocycles. The highest BCUT2D eigenvalue weighted by atomic mass is 31.2. The van der Waals surface area contributed by atoms with Gasteiger partial charge in [-0.25, -0.2) is 9.13 Å². The van der Waals surface area contributed by atoms with Crippen molar-refractivity contribution < 1.29 is 80.2 Å². The van der Waals surface area contributed by atoms with Gasteiger partial charge in [0, 0.05) is 19.3 Å². The lowest BCUT2D eigenvalue weighted by Crippen LogP contribution is -2.30. The summed E-state index contributed by atoms with van der Waals surface area (Å²) in [6, 6.07) is 0. The van der Waals surface area contributed by atoms with Gasteiger partial charge in [0.05, 0.1) is 32.8 Å². The second kappa shape index (κ2) is 77.3. The lowest BCUT2D eigenvalue weighted by Gasteiger charge is -2.21. The Morgan fingerprint density at radius 1 is 0.283 bits per heavy atom. The smallest absolute Gasteiger partial charge is 0.462 e. The number of aliphatic hydroxyl groups excluding tert-OH is 1. The minimum absolute atomic E-state index is 0.0526. The zero-order valence-corrected chi connectivity index (χ0v) is 67.3. The summed E-state index contributed by atoms with van der Waals surface area (Å²) in [6.45, 7) is 4.31. The fourth-order valence-corrected chi connectivity index (χ4v) is 11.5. The molecule has 0 heterocycles. The average molecular weight is 1520 g/mol. The Labute approximate surface area is 641 Å². The number of hydrogen-bond donors (Lipinski definition) is 3. The minimum Gasteiger partial charge on any atom is -0.462 e. The lowest BCUT2D eigenvalue weighted by molar-refractivity contribution is -0.161. The van der Waals surface area contributed by atoms with Gasteiger partial charge in [0.2, 0.25) is 0 Å². The molecular formula is C87H140O17P2. The molecule has 106 heavy (non-hydrogen) atoms. The molecule has 0 aliphatic rings. The Balaban J connectivity index is 5.50. The number of phosphoric ester groups is 2. The lowest BCUT2D eigenvalue weighted by atomic mass is 10.1. The monoisotopic (exact) mass is 1520 g/mol. The maximum absolute atomic E-state index is 13.1. The Hall–Kier alpha value is -5.84. The summed E-state index contributed by atoms with van der Waals surface area (Å²) in [7, 11) is -10.0. The molecule has 0 rings (SSSR count). The van der Waals surface area contributed by atoms with E-state index in [1.807, 2.05) is 18.2 Å². The van der Waals surface area contributed by atoms with Crippen molar-refractivity contribution in [2.24, 2.45) is 0 Å². The van der Waals surface area contributed by atoms with Crippen LogP contribution in [-0.4, -0.2) is 96.7 Å². The number of unbranched alkanes of at least 4 members (excludes halogenated alkanes) is 18. The Bertz CT molecular complexity index is 2730. The number of carbonyl (C=O) groups is 4. The van der Waals surface area contributed by atoms with Crippen LogP contribution in [0.5, 0.6) is 0 Å². The molecule has 0 spiro atoms. The molecule has 5 atom stereocenters. The predicted octanol–water partition coefficient (Wildman–Crippen LogP) is 23.6. The Kier molecular flexibility index (Phi) is 73.1. The number of ether oxygens (including phenoxy) is 4. The largest absolute Gasteiger partial charge is 0.472 e. The van der Waals surface area contributed by atoms with Crippen LogP contribution in [0.25, 0.3) is 0 Å². The molecular weight excluding hydrogens is 1380 g/mol. The van der Waals surface area contributed by atoms with E-state index in [2.05, 4.69) is 186 Å². The summed E-state index contributed by atoms with van der Waals surface area (Å²) in [5, 5.41) is 10.6. The topological polar surface area (TPSA) is 237 Å². The molecule has 5 unspecified atom stereocenters. The van der Waals surface area contributed by atoms with Gasteiger partial charge >= 0.3 is 39.5 Å². The van der Waals surface area contributed by atoms with Crippen molar-refractivity contribution in [2.45, 2.75) is 303 Å². The van der Waals surface area contributed by atoms with Gasteiger partial charge in [-0.3, -0.25) is 37.3 Å². The number of phosphoric acid groups is 2.